The normalized spacial score (nSPS) is 14.6. The summed E-state index contributed by atoms with van der Waals surface area (Å²) in [4.78, 5) is 23.5. The summed E-state index contributed by atoms with van der Waals surface area (Å²) in [5, 5.41) is 2.89. The number of pyridine rings is 1. The summed E-state index contributed by atoms with van der Waals surface area (Å²) >= 11 is 0. The third kappa shape index (κ3) is 2.57. The van der Waals surface area contributed by atoms with Crippen LogP contribution in [0.1, 0.15) is 38.2 Å². The maximum atomic E-state index is 11.8. The van der Waals surface area contributed by atoms with Crippen LogP contribution in [0.2, 0.25) is 0 Å². The first-order valence-corrected chi connectivity index (χ1v) is 6.95. The van der Waals surface area contributed by atoms with Crippen molar-refractivity contribution in [2.75, 3.05) is 5.32 Å². The standard InChI is InChI=1S/C15H18N4O/c1-9(2)11-7-13(19-15(20)10-3-4-10)18-8-12(11)14-16-5-6-17-14/h5-10H,3-4H2,1-2H3,(H,16,17)(H,18,19,20). The summed E-state index contributed by atoms with van der Waals surface area (Å²) in [6.07, 6.45) is 7.28. The number of hydrogen-bond donors (Lipinski definition) is 2. The molecule has 104 valence electrons. The topological polar surface area (TPSA) is 70.7 Å². The predicted octanol–water partition coefficient (Wildman–Crippen LogP) is 2.94. The van der Waals surface area contributed by atoms with Crippen molar-refractivity contribution in [2.45, 2.75) is 32.6 Å². The minimum absolute atomic E-state index is 0.0814. The van der Waals surface area contributed by atoms with Crippen molar-refractivity contribution in [1.82, 2.24) is 15.0 Å². The third-order valence-corrected chi connectivity index (χ3v) is 3.51. The first-order chi connectivity index (χ1) is 9.65. The van der Waals surface area contributed by atoms with E-state index in [-0.39, 0.29) is 11.8 Å². The minimum atomic E-state index is 0.0814. The second-order valence-corrected chi connectivity index (χ2v) is 5.51. The van der Waals surface area contributed by atoms with E-state index in [1.54, 1.807) is 18.6 Å². The van der Waals surface area contributed by atoms with E-state index in [4.69, 9.17) is 0 Å². The molecule has 0 aromatic carbocycles. The van der Waals surface area contributed by atoms with Crippen molar-refractivity contribution >= 4 is 11.7 Å². The van der Waals surface area contributed by atoms with Crippen LogP contribution >= 0.6 is 0 Å². The second kappa shape index (κ2) is 5.07. The molecule has 1 fully saturated rings. The fourth-order valence-electron chi connectivity index (χ4n) is 2.20. The highest BCUT2D eigenvalue weighted by Gasteiger charge is 2.30. The van der Waals surface area contributed by atoms with Crippen LogP contribution in [0.3, 0.4) is 0 Å². The molecule has 2 heterocycles. The van der Waals surface area contributed by atoms with Crippen molar-refractivity contribution in [3.05, 3.63) is 30.2 Å². The third-order valence-electron chi connectivity index (χ3n) is 3.51. The van der Waals surface area contributed by atoms with Gasteiger partial charge in [0.15, 0.2) is 0 Å². The molecule has 2 N–H and O–H groups in total. The van der Waals surface area contributed by atoms with Crippen molar-refractivity contribution in [1.29, 1.82) is 0 Å². The lowest BCUT2D eigenvalue weighted by atomic mass is 9.98. The van der Waals surface area contributed by atoms with E-state index in [2.05, 4.69) is 34.1 Å². The summed E-state index contributed by atoms with van der Waals surface area (Å²) in [5.74, 6) is 2.03. The number of nitrogens with one attached hydrogen (secondary N) is 2. The van der Waals surface area contributed by atoms with Crippen LogP contribution in [0, 0.1) is 5.92 Å². The zero-order chi connectivity index (χ0) is 14.1. The molecule has 1 aliphatic carbocycles. The van der Waals surface area contributed by atoms with Crippen LogP contribution in [-0.2, 0) is 4.79 Å². The van der Waals surface area contributed by atoms with E-state index in [0.717, 1.165) is 29.8 Å². The number of aromatic amines is 1. The monoisotopic (exact) mass is 270 g/mol. The van der Waals surface area contributed by atoms with E-state index in [0.29, 0.717) is 11.7 Å². The zero-order valence-electron chi connectivity index (χ0n) is 11.7. The Hall–Kier alpha value is -2.17. The first kappa shape index (κ1) is 12.8. The lowest BCUT2D eigenvalue weighted by molar-refractivity contribution is -0.117. The molecular formula is C15H18N4O. The Bertz CT molecular complexity index is 615. The molecule has 5 nitrogen and oxygen atoms in total. The Morgan fingerprint density at radius 2 is 2.20 bits per heavy atom. The van der Waals surface area contributed by atoms with Gasteiger partial charge in [-0.05, 0) is 30.4 Å². The maximum absolute atomic E-state index is 11.8. The Balaban J connectivity index is 1.91. The number of carbonyl (C=O) groups is 1. The Labute approximate surface area is 117 Å². The van der Waals surface area contributed by atoms with Crippen LogP contribution in [0.25, 0.3) is 11.4 Å². The van der Waals surface area contributed by atoms with E-state index < -0.39 is 0 Å². The van der Waals surface area contributed by atoms with Crippen LogP contribution < -0.4 is 5.32 Å². The molecule has 0 unspecified atom stereocenters. The SMILES string of the molecule is CC(C)c1cc(NC(=O)C2CC2)ncc1-c1ncc[nH]1. The predicted molar refractivity (Wildman–Crippen MR) is 77.3 cm³/mol. The number of nitrogens with zero attached hydrogens (tertiary/aromatic N) is 2. The molecule has 0 atom stereocenters. The van der Waals surface area contributed by atoms with Crippen LogP contribution in [0.15, 0.2) is 24.7 Å². The number of imidazole rings is 1. The van der Waals surface area contributed by atoms with Gasteiger partial charge in [-0.25, -0.2) is 9.97 Å². The van der Waals surface area contributed by atoms with Gasteiger partial charge >= 0.3 is 0 Å². The number of anilines is 1. The van der Waals surface area contributed by atoms with Gasteiger partial charge in [0.1, 0.15) is 11.6 Å². The number of aromatic nitrogens is 3. The largest absolute Gasteiger partial charge is 0.345 e. The Morgan fingerprint density at radius 1 is 1.40 bits per heavy atom. The highest BCUT2D eigenvalue weighted by Crippen LogP contribution is 2.31. The lowest BCUT2D eigenvalue weighted by Crippen LogP contribution is -2.14. The highest BCUT2D eigenvalue weighted by molar-refractivity contribution is 5.93. The molecule has 2 aromatic rings. The Kier molecular flexibility index (Phi) is 3.26. The van der Waals surface area contributed by atoms with E-state index >= 15 is 0 Å². The average Bonchev–Trinajstić information content (AvgIpc) is 3.15. The number of H-pyrrole nitrogens is 1. The number of carbonyl (C=O) groups excluding carboxylic acids is 1. The molecule has 0 aliphatic heterocycles. The van der Waals surface area contributed by atoms with Gasteiger partial charge in [0.25, 0.3) is 0 Å². The minimum Gasteiger partial charge on any atom is -0.345 e. The summed E-state index contributed by atoms with van der Waals surface area (Å²) in [6.45, 7) is 4.24. The van der Waals surface area contributed by atoms with Gasteiger partial charge in [0.2, 0.25) is 5.91 Å². The van der Waals surface area contributed by atoms with E-state index in [1.165, 1.54) is 0 Å². The van der Waals surface area contributed by atoms with Gasteiger partial charge in [-0.2, -0.15) is 0 Å². The van der Waals surface area contributed by atoms with Gasteiger partial charge in [-0.3, -0.25) is 4.79 Å². The fourth-order valence-corrected chi connectivity index (χ4v) is 2.20. The molecule has 5 heteroatoms. The zero-order valence-corrected chi connectivity index (χ0v) is 11.7. The average molecular weight is 270 g/mol. The molecule has 1 amide bonds. The molecule has 2 aromatic heterocycles. The summed E-state index contributed by atoms with van der Waals surface area (Å²) < 4.78 is 0. The molecule has 0 spiro atoms. The van der Waals surface area contributed by atoms with Crippen LogP contribution in [0.5, 0.6) is 0 Å². The van der Waals surface area contributed by atoms with Gasteiger partial charge in [-0.1, -0.05) is 13.8 Å². The quantitative estimate of drug-likeness (QED) is 0.897. The first-order valence-electron chi connectivity index (χ1n) is 6.95. The molecule has 1 saturated carbocycles. The molecule has 0 saturated heterocycles. The smallest absolute Gasteiger partial charge is 0.228 e. The number of amides is 1. The molecule has 0 bridgehead atoms. The molecule has 3 rings (SSSR count). The van der Waals surface area contributed by atoms with Crippen molar-refractivity contribution in [3.63, 3.8) is 0 Å². The number of rotatable bonds is 4. The fraction of sp³-hybridized carbons (Fsp3) is 0.400. The van der Waals surface area contributed by atoms with Crippen molar-refractivity contribution < 1.29 is 4.79 Å². The van der Waals surface area contributed by atoms with E-state index in [9.17, 15) is 4.79 Å². The molecule has 1 aliphatic rings. The van der Waals surface area contributed by atoms with Gasteiger partial charge in [0.05, 0.1) is 0 Å². The maximum Gasteiger partial charge on any atom is 0.228 e. The number of hydrogen-bond acceptors (Lipinski definition) is 3. The molecule has 0 radical (unpaired) electrons. The Morgan fingerprint density at radius 3 is 2.80 bits per heavy atom. The van der Waals surface area contributed by atoms with Gasteiger partial charge in [-0.15, -0.1) is 0 Å². The molecule has 20 heavy (non-hydrogen) atoms. The van der Waals surface area contributed by atoms with E-state index in [1.807, 2.05) is 6.07 Å². The second-order valence-electron chi connectivity index (χ2n) is 5.51. The van der Waals surface area contributed by atoms with Gasteiger partial charge in [0, 0.05) is 30.1 Å². The highest BCUT2D eigenvalue weighted by atomic mass is 16.2. The lowest BCUT2D eigenvalue weighted by Gasteiger charge is -2.13. The molecular weight excluding hydrogens is 252 g/mol. The van der Waals surface area contributed by atoms with Gasteiger partial charge < -0.3 is 10.3 Å². The van der Waals surface area contributed by atoms with Crippen molar-refractivity contribution in [2.24, 2.45) is 5.92 Å². The summed E-state index contributed by atoms with van der Waals surface area (Å²) in [7, 11) is 0. The van der Waals surface area contributed by atoms with Crippen LogP contribution in [0.4, 0.5) is 5.82 Å². The summed E-state index contributed by atoms with van der Waals surface area (Å²) in [6, 6.07) is 1.95. The van der Waals surface area contributed by atoms with Crippen LogP contribution in [-0.4, -0.2) is 20.9 Å². The summed E-state index contributed by atoms with van der Waals surface area (Å²) in [5.41, 5.74) is 2.11. The van der Waals surface area contributed by atoms with Crippen molar-refractivity contribution in [3.8, 4) is 11.4 Å².